The Kier molecular flexibility index (Phi) is 13.0. The zero-order chi connectivity index (χ0) is 50.4. The van der Waals surface area contributed by atoms with Crippen molar-refractivity contribution in [2.75, 3.05) is 0 Å². The van der Waals surface area contributed by atoms with Crippen LogP contribution in [0.2, 0.25) is 16.6 Å². The summed E-state index contributed by atoms with van der Waals surface area (Å²) in [6, 6.07) is 30.8. The van der Waals surface area contributed by atoms with Gasteiger partial charge in [0.2, 0.25) is 0 Å². The van der Waals surface area contributed by atoms with E-state index in [0.29, 0.717) is 51.2 Å². The van der Waals surface area contributed by atoms with E-state index in [0.717, 1.165) is 81.2 Å². The molecule has 0 atom stereocenters. The Morgan fingerprint density at radius 1 is 0.514 bits per heavy atom. The minimum Gasteiger partial charge on any atom is -0.354 e. The first-order valence-electron chi connectivity index (χ1n) is 25.6. The Bertz CT molecular complexity index is 3800. The van der Waals surface area contributed by atoms with E-state index in [2.05, 4.69) is 82.0 Å². The molecule has 2 aliphatic rings. The number of rotatable bonds is 13. The Morgan fingerprint density at radius 3 is 1.50 bits per heavy atom. The fraction of sp³-hybridized carbons (Fsp3) is 0.279. The second kappa shape index (κ2) is 19.5. The molecule has 2 aliphatic heterocycles. The van der Waals surface area contributed by atoms with E-state index in [1.54, 1.807) is 0 Å². The lowest BCUT2D eigenvalue weighted by molar-refractivity contribution is 0.547. The largest absolute Gasteiger partial charge is 0.354 e. The van der Waals surface area contributed by atoms with Gasteiger partial charge in [0.05, 0.1) is 60.9 Å². The van der Waals surface area contributed by atoms with Crippen LogP contribution < -0.4 is 22.2 Å². The minimum atomic E-state index is -2.19. The number of aromatic nitrogens is 6. The van der Waals surface area contributed by atoms with Crippen LogP contribution in [0.1, 0.15) is 115 Å². The highest BCUT2D eigenvalue weighted by Crippen LogP contribution is 2.41. The van der Waals surface area contributed by atoms with Crippen molar-refractivity contribution in [2.24, 2.45) is 0 Å². The first-order chi connectivity index (χ1) is 34.8. The van der Waals surface area contributed by atoms with Gasteiger partial charge in [-0.2, -0.15) is 0 Å². The molecule has 8 aromatic rings. The van der Waals surface area contributed by atoms with Crippen molar-refractivity contribution in [1.82, 2.24) is 29.1 Å². The van der Waals surface area contributed by atoms with Gasteiger partial charge in [-0.25, -0.2) is 14.5 Å². The van der Waals surface area contributed by atoms with Crippen LogP contribution in [0, 0.1) is 11.5 Å². The van der Waals surface area contributed by atoms with Gasteiger partial charge in [-0.05, 0) is 94.9 Å². The average molecular weight is 969 g/mol. The number of hydrogen-bond acceptors (Lipinski definition) is 6. The fourth-order valence-corrected chi connectivity index (χ4v) is 16.7. The quantitative estimate of drug-likeness (QED) is 0.0671. The minimum absolute atomic E-state index is 0.0604. The summed E-state index contributed by atoms with van der Waals surface area (Å²) < 4.78 is 2.39. The highest BCUT2D eigenvalue weighted by atomic mass is 28.3. The number of nitrogens with one attached hydrogen (secondary N) is 2. The predicted octanol–water partition coefficient (Wildman–Crippen LogP) is 13.1. The molecule has 0 spiro atoms. The van der Waals surface area contributed by atoms with Gasteiger partial charge in [0.1, 0.15) is 13.8 Å². The molecule has 8 bridgehead atoms. The van der Waals surface area contributed by atoms with Gasteiger partial charge >= 0.3 is 0 Å². The van der Waals surface area contributed by atoms with E-state index in [1.165, 1.54) is 16.7 Å². The Labute approximate surface area is 419 Å². The Morgan fingerprint density at radius 2 is 0.958 bits per heavy atom. The van der Waals surface area contributed by atoms with E-state index in [1.807, 2.05) is 97.1 Å². The summed E-state index contributed by atoms with van der Waals surface area (Å²) in [7, 11) is -2.19. The number of aromatic amines is 2. The second-order valence-corrected chi connectivity index (χ2v) is 25.9. The molecule has 10 rings (SSSR count). The SMILES string of the molecule is CCCCCCCCn1c(=O)c2cc3c(=O)n(-c4c5nc(c(-c6ccccc6)c6ccc([nH]6)c(C#C[Si](C(C)C)(C(C)C)C(C)C)c6nc(c(-c7ccccc7)c7ccc4[nH]7)C=C6)C=C5)c(=O)c3cc2c1=O. The number of unbranched alkanes of at least 4 members (excludes halogenated alkanes) is 5. The zero-order valence-electron chi connectivity index (χ0n) is 42.2. The van der Waals surface area contributed by atoms with Crippen LogP contribution in [-0.4, -0.2) is 37.1 Å². The molecule has 0 fully saturated rings. The molecule has 0 saturated carbocycles. The van der Waals surface area contributed by atoms with Gasteiger partial charge in [0.15, 0.2) is 0 Å². The molecule has 72 heavy (non-hydrogen) atoms. The predicted molar refractivity (Wildman–Crippen MR) is 301 cm³/mol. The summed E-state index contributed by atoms with van der Waals surface area (Å²) in [6.45, 7) is 16.4. The molecule has 10 nitrogen and oxygen atoms in total. The van der Waals surface area contributed by atoms with E-state index < -0.39 is 30.3 Å². The smallest absolute Gasteiger partial charge is 0.266 e. The highest BCUT2D eigenvalue weighted by Gasteiger charge is 2.42. The number of nitrogens with zero attached hydrogens (tertiary/aromatic N) is 4. The third-order valence-corrected chi connectivity index (χ3v) is 21.3. The van der Waals surface area contributed by atoms with E-state index in [4.69, 9.17) is 9.97 Å². The summed E-state index contributed by atoms with van der Waals surface area (Å²) >= 11 is 0. The molecule has 0 unspecified atom stereocenters. The van der Waals surface area contributed by atoms with Crippen molar-refractivity contribution in [3.63, 3.8) is 0 Å². The third kappa shape index (κ3) is 8.27. The Balaban J connectivity index is 1.28. The summed E-state index contributed by atoms with van der Waals surface area (Å²) in [4.78, 5) is 75.6. The molecule has 0 amide bonds. The van der Waals surface area contributed by atoms with Crippen molar-refractivity contribution < 1.29 is 0 Å². The molecule has 11 heteroatoms. The second-order valence-electron chi connectivity index (χ2n) is 20.3. The molecular weight excluding hydrogens is 909 g/mol. The monoisotopic (exact) mass is 968 g/mol. The van der Waals surface area contributed by atoms with Crippen molar-refractivity contribution >= 4 is 76.0 Å². The lowest BCUT2D eigenvalue weighted by atomic mass is 10.0. The number of hydrogen-bond donors (Lipinski definition) is 2. The summed E-state index contributed by atoms with van der Waals surface area (Å²) in [6.07, 6.45) is 13.8. The topological polar surface area (TPSA) is 136 Å². The first-order valence-corrected chi connectivity index (χ1v) is 27.8. The van der Waals surface area contributed by atoms with Gasteiger partial charge in [0, 0.05) is 28.7 Å². The standard InChI is InChI=1S/C61H60N6O4Si/c1-8-9-10-11-12-19-33-66-58(68)43-35-45-46(36-44(43)59(66)69)61(71)67(60(45)70)57-53-30-28-51(64-53)55(40-20-15-13-16-21-40)49-26-24-47(62-49)42(32-34-72(37(2)3,38(4)5)39(6)7)48-25-27-50(63-48)56(41-22-17-14-18-23-41)52-29-31-54(57)65-52/h13-18,20-31,35-39,62,65H,8-12,19,33H2,1-7H3. The highest BCUT2D eigenvalue weighted by molar-refractivity contribution is 6.90. The molecule has 0 aliphatic carbocycles. The average Bonchev–Trinajstić information content (AvgIpc) is 4.26. The number of fused-ring (bicyclic) bond motifs is 10. The molecule has 0 radical (unpaired) electrons. The molecule has 2 N–H and O–H groups in total. The van der Waals surface area contributed by atoms with Crippen molar-refractivity contribution in [2.45, 2.75) is 110 Å². The van der Waals surface area contributed by atoms with E-state index in [-0.39, 0.29) is 33.8 Å². The molecule has 0 saturated heterocycles. The fourth-order valence-electron chi connectivity index (χ4n) is 11.5. The maximum absolute atomic E-state index is 15.0. The first kappa shape index (κ1) is 48.0. The van der Waals surface area contributed by atoms with Gasteiger partial charge in [-0.1, -0.05) is 147 Å². The summed E-state index contributed by atoms with van der Waals surface area (Å²) in [5, 5.41) is 0.390. The maximum Gasteiger partial charge on any atom is 0.266 e. The zero-order valence-corrected chi connectivity index (χ0v) is 43.2. The number of H-pyrrole nitrogens is 2. The van der Waals surface area contributed by atoms with Gasteiger partial charge in [-0.3, -0.25) is 23.7 Å². The van der Waals surface area contributed by atoms with Crippen molar-refractivity contribution in [3.8, 4) is 39.4 Å². The van der Waals surface area contributed by atoms with Crippen LogP contribution in [0.4, 0.5) is 0 Å². The Hall–Kier alpha value is -7.68. The normalized spacial score (nSPS) is 12.6. The molecule has 5 aromatic heterocycles. The lowest BCUT2D eigenvalue weighted by Gasteiger charge is -2.38. The van der Waals surface area contributed by atoms with Crippen molar-refractivity contribution in [1.29, 1.82) is 0 Å². The van der Waals surface area contributed by atoms with Gasteiger partial charge in [0.25, 0.3) is 22.2 Å². The van der Waals surface area contributed by atoms with Crippen LogP contribution in [0.25, 0.3) is 95.9 Å². The summed E-state index contributed by atoms with van der Waals surface area (Å²) in [5.41, 5.74) is 12.8. The van der Waals surface area contributed by atoms with Crippen molar-refractivity contribution in [3.05, 3.63) is 167 Å². The number of benzene rings is 3. The van der Waals surface area contributed by atoms with E-state index >= 15 is 0 Å². The van der Waals surface area contributed by atoms with Crippen LogP contribution in [0.5, 0.6) is 0 Å². The maximum atomic E-state index is 15.0. The molecule has 362 valence electrons. The van der Waals surface area contributed by atoms with Crippen LogP contribution in [0.3, 0.4) is 0 Å². The van der Waals surface area contributed by atoms with Gasteiger partial charge < -0.3 is 9.97 Å². The van der Waals surface area contributed by atoms with E-state index in [9.17, 15) is 19.2 Å². The lowest BCUT2D eigenvalue weighted by Crippen LogP contribution is -2.43. The van der Waals surface area contributed by atoms with Crippen LogP contribution in [0.15, 0.2) is 116 Å². The third-order valence-electron chi connectivity index (χ3n) is 15.1. The molecule has 7 heterocycles. The molecule has 3 aromatic carbocycles. The van der Waals surface area contributed by atoms with Crippen LogP contribution in [-0.2, 0) is 6.54 Å². The summed E-state index contributed by atoms with van der Waals surface area (Å²) in [5.74, 6) is 3.78. The molecular formula is C61H60N6O4Si. The van der Waals surface area contributed by atoms with Crippen LogP contribution >= 0.6 is 0 Å². The van der Waals surface area contributed by atoms with Gasteiger partial charge in [-0.15, -0.1) is 5.54 Å².